The lowest BCUT2D eigenvalue weighted by Crippen LogP contribution is -2.33. The second-order valence-corrected chi connectivity index (χ2v) is 10.0. The van der Waals surface area contributed by atoms with Crippen molar-refractivity contribution in [3.8, 4) is 5.75 Å². The van der Waals surface area contributed by atoms with E-state index in [0.29, 0.717) is 35.3 Å². The Morgan fingerprint density at radius 1 is 1.11 bits per heavy atom. The maximum Gasteiger partial charge on any atom is 0.305 e. The first-order valence-corrected chi connectivity index (χ1v) is 12.6. The van der Waals surface area contributed by atoms with Gasteiger partial charge in [0.25, 0.3) is 0 Å². The van der Waals surface area contributed by atoms with Crippen molar-refractivity contribution in [1.82, 2.24) is 9.80 Å². The van der Waals surface area contributed by atoms with Crippen LogP contribution in [0, 0.1) is 11.7 Å². The summed E-state index contributed by atoms with van der Waals surface area (Å²) in [6.45, 7) is 1.39. The summed E-state index contributed by atoms with van der Waals surface area (Å²) in [5.74, 6) is -1.07. The fourth-order valence-electron chi connectivity index (χ4n) is 4.39. The number of carboxylic acids is 1. The summed E-state index contributed by atoms with van der Waals surface area (Å²) < 4.78 is 19.9. The molecule has 1 saturated heterocycles. The summed E-state index contributed by atoms with van der Waals surface area (Å²) in [5, 5.41) is 9.93. The molecule has 2 amide bonds. The number of hydrogen-bond acceptors (Lipinski definition) is 5. The number of halogens is 4. The van der Waals surface area contributed by atoms with Crippen molar-refractivity contribution >= 4 is 53.4 Å². The summed E-state index contributed by atoms with van der Waals surface area (Å²) >= 11 is 12.3. The molecule has 200 valence electrons. The van der Waals surface area contributed by atoms with Crippen LogP contribution in [0.25, 0.3) is 0 Å². The van der Waals surface area contributed by atoms with Gasteiger partial charge in [-0.3, -0.25) is 24.2 Å². The van der Waals surface area contributed by atoms with Crippen LogP contribution in [-0.2, 0) is 20.9 Å². The fraction of sp³-hybridized carbons (Fsp3) is 0.423. The lowest BCUT2D eigenvalue weighted by Gasteiger charge is -2.32. The lowest BCUT2D eigenvalue weighted by molar-refractivity contribution is -0.140. The third-order valence-electron chi connectivity index (χ3n) is 6.44. The molecule has 11 heteroatoms. The minimum absolute atomic E-state index is 0. The van der Waals surface area contributed by atoms with Crippen molar-refractivity contribution in [3.63, 3.8) is 0 Å². The molecule has 0 unspecified atom stereocenters. The van der Waals surface area contributed by atoms with Crippen molar-refractivity contribution in [2.24, 2.45) is 5.92 Å². The van der Waals surface area contributed by atoms with Crippen LogP contribution in [0.5, 0.6) is 5.75 Å². The van der Waals surface area contributed by atoms with Gasteiger partial charge in [0.15, 0.2) is 0 Å². The Hall–Kier alpha value is -2.39. The topological polar surface area (TPSA) is 87.2 Å². The number of likely N-dealkylation sites (tertiary alicyclic amines) is 1. The maximum atomic E-state index is 14.2. The largest absolute Gasteiger partial charge is 0.490 e. The number of imide groups is 1. The Bertz CT molecular complexity index is 1150. The number of ether oxygens (including phenoxy) is 1. The third kappa shape index (κ3) is 7.80. The second-order valence-electron chi connectivity index (χ2n) is 9.21. The number of hydrogen-bond donors (Lipinski definition) is 1. The molecule has 2 aromatic rings. The molecule has 7 nitrogen and oxygen atoms in total. The molecule has 4 rings (SSSR count). The van der Waals surface area contributed by atoms with E-state index >= 15 is 0 Å². The SMILES string of the molecule is Cl.O=C(O)C[C@H](c1ccc(Cl)c(F)c1)N(Cc1ccc(OCCN2C(=O)CCC2=O)c(Cl)c1)CC1CC1. The highest BCUT2D eigenvalue weighted by atomic mass is 35.5. The number of carbonyl (C=O) groups excluding carboxylic acids is 2. The number of amides is 2. The highest BCUT2D eigenvalue weighted by Gasteiger charge is 2.31. The first kappa shape index (κ1) is 29.2. The first-order chi connectivity index (χ1) is 17.2. The van der Waals surface area contributed by atoms with Crippen molar-refractivity contribution in [3.05, 3.63) is 63.4 Å². The van der Waals surface area contributed by atoms with E-state index < -0.39 is 17.8 Å². The highest BCUT2D eigenvalue weighted by Crippen LogP contribution is 2.36. The van der Waals surface area contributed by atoms with Crippen molar-refractivity contribution in [1.29, 1.82) is 0 Å². The minimum Gasteiger partial charge on any atom is -0.490 e. The molecule has 1 atom stereocenters. The Labute approximate surface area is 230 Å². The van der Waals surface area contributed by atoms with Crippen molar-refractivity contribution in [2.75, 3.05) is 19.7 Å². The van der Waals surface area contributed by atoms with E-state index in [1.165, 1.54) is 17.0 Å². The molecular weight excluding hydrogens is 546 g/mol. The third-order valence-corrected chi connectivity index (χ3v) is 7.04. The van der Waals surface area contributed by atoms with Crippen LogP contribution in [0.2, 0.25) is 10.0 Å². The van der Waals surface area contributed by atoms with Crippen molar-refractivity contribution < 1.29 is 28.6 Å². The Morgan fingerprint density at radius 2 is 1.81 bits per heavy atom. The Morgan fingerprint density at radius 3 is 2.41 bits per heavy atom. The van der Waals surface area contributed by atoms with E-state index in [0.717, 1.165) is 18.4 Å². The number of aliphatic carboxylic acids is 1. The summed E-state index contributed by atoms with van der Waals surface area (Å²) in [5.41, 5.74) is 1.40. The van der Waals surface area contributed by atoms with E-state index in [2.05, 4.69) is 0 Å². The summed E-state index contributed by atoms with van der Waals surface area (Å²) in [4.78, 5) is 38.4. The minimum atomic E-state index is -0.979. The second kappa shape index (κ2) is 12.9. The normalized spacial score (nSPS) is 16.2. The molecule has 0 aromatic heterocycles. The van der Waals surface area contributed by atoms with Crippen LogP contribution in [0.1, 0.15) is 49.3 Å². The fourth-order valence-corrected chi connectivity index (χ4v) is 4.77. The molecule has 2 aliphatic rings. The van der Waals surface area contributed by atoms with Gasteiger partial charge in [-0.05, 0) is 54.2 Å². The number of benzene rings is 2. The van der Waals surface area contributed by atoms with Gasteiger partial charge in [0.1, 0.15) is 18.2 Å². The zero-order chi connectivity index (χ0) is 25.8. The Kier molecular flexibility index (Phi) is 10.2. The molecule has 0 spiro atoms. The van der Waals surface area contributed by atoms with Gasteiger partial charge in [0.2, 0.25) is 11.8 Å². The van der Waals surface area contributed by atoms with Crippen LogP contribution in [0.3, 0.4) is 0 Å². The standard InChI is InChI=1S/C26H27Cl2FN2O5.ClH/c27-19-5-4-18(12-21(19)29)22(13-26(34)35)30(14-16-1-2-16)15-17-3-6-23(20(28)11-17)36-10-9-31-24(32)7-8-25(31)33;/h3-6,11-12,16,22H,1-2,7-10,13-15H2,(H,34,35);1H/t22-;/m1./s1. The number of carboxylic acid groups (broad SMARTS) is 1. The molecule has 2 aromatic carbocycles. The van der Waals surface area contributed by atoms with Gasteiger partial charge < -0.3 is 9.84 Å². The molecule has 37 heavy (non-hydrogen) atoms. The predicted octanol–water partition coefficient (Wildman–Crippen LogP) is 5.51. The van der Waals surface area contributed by atoms with Gasteiger partial charge in [0, 0.05) is 32.0 Å². The van der Waals surface area contributed by atoms with Crippen molar-refractivity contribution in [2.45, 2.75) is 44.7 Å². The average molecular weight is 574 g/mol. The zero-order valence-corrected chi connectivity index (χ0v) is 22.3. The average Bonchev–Trinajstić information content (AvgIpc) is 3.59. The Balaban J connectivity index is 0.00000380. The molecule has 1 N–H and O–H groups in total. The van der Waals surface area contributed by atoms with E-state index in [1.807, 2.05) is 11.0 Å². The van der Waals surface area contributed by atoms with Gasteiger partial charge >= 0.3 is 5.97 Å². The van der Waals surface area contributed by atoms with Gasteiger partial charge in [-0.1, -0.05) is 35.3 Å². The molecule has 1 aliphatic heterocycles. The van der Waals surface area contributed by atoms with Crippen LogP contribution in [0.4, 0.5) is 4.39 Å². The lowest BCUT2D eigenvalue weighted by atomic mass is 10.00. The van der Waals surface area contributed by atoms with Crippen LogP contribution < -0.4 is 4.74 Å². The number of rotatable bonds is 12. The quantitative estimate of drug-likeness (QED) is 0.337. The van der Waals surface area contributed by atoms with E-state index in [9.17, 15) is 23.9 Å². The summed E-state index contributed by atoms with van der Waals surface area (Å²) in [6.07, 6.45) is 2.42. The first-order valence-electron chi connectivity index (χ1n) is 11.9. The van der Waals surface area contributed by atoms with Crippen LogP contribution in [-0.4, -0.2) is 52.4 Å². The van der Waals surface area contributed by atoms with Gasteiger partial charge in [-0.25, -0.2) is 4.39 Å². The number of carbonyl (C=O) groups is 3. The molecule has 0 bridgehead atoms. The number of nitrogens with zero attached hydrogens (tertiary/aromatic N) is 2. The highest BCUT2D eigenvalue weighted by molar-refractivity contribution is 6.32. The van der Waals surface area contributed by atoms with Gasteiger partial charge in [-0.15, -0.1) is 12.4 Å². The maximum absolute atomic E-state index is 14.2. The van der Waals surface area contributed by atoms with E-state index in [-0.39, 0.29) is 61.7 Å². The summed E-state index contributed by atoms with van der Waals surface area (Å²) in [7, 11) is 0. The monoisotopic (exact) mass is 572 g/mol. The smallest absolute Gasteiger partial charge is 0.305 e. The summed E-state index contributed by atoms with van der Waals surface area (Å²) in [6, 6.07) is 9.18. The zero-order valence-electron chi connectivity index (χ0n) is 20.0. The predicted molar refractivity (Wildman–Crippen MR) is 140 cm³/mol. The molecule has 0 radical (unpaired) electrons. The van der Waals surface area contributed by atoms with E-state index in [4.69, 9.17) is 27.9 Å². The van der Waals surface area contributed by atoms with E-state index in [1.54, 1.807) is 18.2 Å². The van der Waals surface area contributed by atoms with Crippen LogP contribution in [0.15, 0.2) is 36.4 Å². The molecule has 1 aliphatic carbocycles. The molecule has 1 heterocycles. The van der Waals surface area contributed by atoms with Gasteiger partial charge in [0.05, 0.1) is 23.0 Å². The molecular formula is C26H28Cl3FN2O5. The van der Waals surface area contributed by atoms with Gasteiger partial charge in [-0.2, -0.15) is 0 Å². The molecule has 2 fully saturated rings. The molecule has 1 saturated carbocycles. The van der Waals surface area contributed by atoms with Crippen LogP contribution >= 0.6 is 35.6 Å².